The zero-order chi connectivity index (χ0) is 13.7. The molecule has 5 heteroatoms. The van der Waals surface area contributed by atoms with E-state index in [1.165, 1.54) is 12.0 Å². The Balaban J connectivity index is 2.01. The van der Waals surface area contributed by atoms with Crippen LogP contribution in [0.2, 0.25) is 0 Å². The van der Waals surface area contributed by atoms with Gasteiger partial charge < -0.3 is 10.1 Å². The first-order chi connectivity index (χ1) is 9.24. The summed E-state index contributed by atoms with van der Waals surface area (Å²) >= 11 is 1.72. The largest absolute Gasteiger partial charge is 0.480 e. The summed E-state index contributed by atoms with van der Waals surface area (Å²) in [5, 5.41) is 2.88. The van der Waals surface area contributed by atoms with Crippen LogP contribution in [0, 0.1) is 0 Å². The van der Waals surface area contributed by atoms with E-state index in [0.717, 1.165) is 11.3 Å². The molecule has 0 bridgehead atoms. The summed E-state index contributed by atoms with van der Waals surface area (Å²) in [5.41, 5.74) is 0.456. The summed E-state index contributed by atoms with van der Waals surface area (Å²) in [6.45, 7) is 2.65. The number of pyridine rings is 1. The molecule has 0 aliphatic rings. The predicted molar refractivity (Wildman–Crippen MR) is 75.7 cm³/mol. The minimum absolute atomic E-state index is 0.170. The summed E-state index contributed by atoms with van der Waals surface area (Å²) in [5.74, 6) is 0.178. The molecule has 0 fully saturated rings. The van der Waals surface area contributed by atoms with E-state index in [-0.39, 0.29) is 5.91 Å². The number of aromatic nitrogens is 1. The minimum atomic E-state index is -0.170. The van der Waals surface area contributed by atoms with E-state index in [0.29, 0.717) is 18.0 Å². The second-order valence-corrected chi connectivity index (χ2v) is 5.22. The van der Waals surface area contributed by atoms with Crippen molar-refractivity contribution >= 4 is 17.2 Å². The summed E-state index contributed by atoms with van der Waals surface area (Å²) in [6.07, 6.45) is 2.62. The summed E-state index contributed by atoms with van der Waals surface area (Å²) in [7, 11) is 1.51. The van der Waals surface area contributed by atoms with Gasteiger partial charge in [0.25, 0.3) is 5.91 Å². The van der Waals surface area contributed by atoms with Crippen LogP contribution >= 0.6 is 11.3 Å². The second-order valence-electron chi connectivity index (χ2n) is 3.96. The highest BCUT2D eigenvalue weighted by atomic mass is 32.1. The number of carbonyl (C=O) groups excluding carboxylic acids is 1. The molecule has 0 radical (unpaired) electrons. The van der Waals surface area contributed by atoms with Crippen molar-refractivity contribution in [3.8, 4) is 5.88 Å². The molecule has 2 aromatic heterocycles. The standard InChI is InChI=1S/C14H16N2O2S/c1-3-10-6-7-11(19-10)9-16-13(17)12-5-4-8-15-14(12)18-2/h4-8H,3,9H2,1-2H3,(H,16,17). The van der Waals surface area contributed by atoms with Crippen LogP contribution in [0.1, 0.15) is 27.0 Å². The van der Waals surface area contributed by atoms with Crippen LogP contribution in [0.15, 0.2) is 30.5 Å². The molecule has 0 aliphatic heterocycles. The average Bonchev–Trinajstić information content (AvgIpc) is 2.92. The fourth-order valence-electron chi connectivity index (χ4n) is 1.70. The molecule has 0 atom stereocenters. The highest BCUT2D eigenvalue weighted by Crippen LogP contribution is 2.17. The molecule has 1 amide bonds. The van der Waals surface area contributed by atoms with Crippen molar-refractivity contribution in [1.29, 1.82) is 0 Å². The third-order valence-corrected chi connectivity index (χ3v) is 3.93. The Kier molecular flexibility index (Phi) is 4.52. The third kappa shape index (κ3) is 3.32. The van der Waals surface area contributed by atoms with Gasteiger partial charge in [-0.1, -0.05) is 6.92 Å². The molecule has 0 saturated carbocycles. The van der Waals surface area contributed by atoms with E-state index in [4.69, 9.17) is 4.74 Å². The van der Waals surface area contributed by atoms with E-state index in [9.17, 15) is 4.79 Å². The maximum Gasteiger partial charge on any atom is 0.257 e. The fraction of sp³-hybridized carbons (Fsp3) is 0.286. The molecule has 0 unspecified atom stereocenters. The monoisotopic (exact) mass is 276 g/mol. The Hall–Kier alpha value is -1.88. The van der Waals surface area contributed by atoms with Gasteiger partial charge in [0, 0.05) is 16.0 Å². The number of thiophene rings is 1. The van der Waals surface area contributed by atoms with Crippen molar-refractivity contribution in [2.24, 2.45) is 0 Å². The second kappa shape index (κ2) is 6.33. The molecule has 1 N–H and O–H groups in total. The molecule has 0 aromatic carbocycles. The van der Waals surface area contributed by atoms with Gasteiger partial charge in [0.15, 0.2) is 0 Å². The Morgan fingerprint density at radius 2 is 2.16 bits per heavy atom. The lowest BCUT2D eigenvalue weighted by atomic mass is 10.2. The van der Waals surface area contributed by atoms with Crippen LogP contribution in [0.4, 0.5) is 0 Å². The van der Waals surface area contributed by atoms with Crippen molar-refractivity contribution in [2.45, 2.75) is 19.9 Å². The molecule has 100 valence electrons. The van der Waals surface area contributed by atoms with Crippen LogP contribution in [-0.2, 0) is 13.0 Å². The van der Waals surface area contributed by atoms with E-state index in [1.54, 1.807) is 29.7 Å². The SMILES string of the molecule is CCc1ccc(CNC(=O)c2cccnc2OC)s1. The lowest BCUT2D eigenvalue weighted by Crippen LogP contribution is -2.23. The van der Waals surface area contributed by atoms with Gasteiger partial charge in [0.1, 0.15) is 5.56 Å². The summed E-state index contributed by atoms with van der Waals surface area (Å²) in [6, 6.07) is 7.56. The molecular weight excluding hydrogens is 260 g/mol. The van der Waals surface area contributed by atoms with E-state index in [1.807, 2.05) is 6.07 Å². The number of rotatable bonds is 5. The highest BCUT2D eigenvalue weighted by molar-refractivity contribution is 7.11. The molecule has 2 rings (SSSR count). The number of amides is 1. The lowest BCUT2D eigenvalue weighted by Gasteiger charge is -2.07. The molecule has 0 spiro atoms. The number of aryl methyl sites for hydroxylation is 1. The molecular formula is C14H16N2O2S. The normalized spacial score (nSPS) is 10.2. The van der Waals surface area contributed by atoms with Crippen molar-refractivity contribution in [2.75, 3.05) is 7.11 Å². The van der Waals surface area contributed by atoms with Gasteiger partial charge in [0.2, 0.25) is 5.88 Å². The first kappa shape index (κ1) is 13.5. The van der Waals surface area contributed by atoms with E-state index < -0.39 is 0 Å². The quantitative estimate of drug-likeness (QED) is 0.913. The summed E-state index contributed by atoms with van der Waals surface area (Å²) < 4.78 is 5.07. The predicted octanol–water partition coefficient (Wildman–Crippen LogP) is 2.64. The molecule has 0 saturated heterocycles. The third-order valence-electron chi connectivity index (χ3n) is 2.70. The van der Waals surface area contributed by atoms with E-state index in [2.05, 4.69) is 23.3 Å². The first-order valence-electron chi connectivity index (χ1n) is 6.09. The van der Waals surface area contributed by atoms with Crippen LogP contribution in [0.5, 0.6) is 5.88 Å². The van der Waals surface area contributed by atoms with Gasteiger partial charge in [-0.3, -0.25) is 4.79 Å². The van der Waals surface area contributed by atoms with Crippen LogP contribution in [0.3, 0.4) is 0 Å². The topological polar surface area (TPSA) is 51.2 Å². The highest BCUT2D eigenvalue weighted by Gasteiger charge is 2.12. The molecule has 2 aromatic rings. The van der Waals surface area contributed by atoms with Gasteiger partial charge in [-0.15, -0.1) is 11.3 Å². The Morgan fingerprint density at radius 3 is 2.84 bits per heavy atom. The number of ether oxygens (including phenoxy) is 1. The van der Waals surface area contributed by atoms with Crippen LogP contribution in [0.25, 0.3) is 0 Å². The van der Waals surface area contributed by atoms with E-state index >= 15 is 0 Å². The Bertz CT molecular complexity index is 566. The van der Waals surface area contributed by atoms with Crippen molar-refractivity contribution in [3.63, 3.8) is 0 Å². The van der Waals surface area contributed by atoms with Gasteiger partial charge >= 0.3 is 0 Å². The maximum atomic E-state index is 12.0. The van der Waals surface area contributed by atoms with Gasteiger partial charge in [-0.2, -0.15) is 0 Å². The molecule has 0 aliphatic carbocycles. The van der Waals surface area contributed by atoms with Crippen molar-refractivity contribution in [3.05, 3.63) is 45.8 Å². The molecule has 19 heavy (non-hydrogen) atoms. The van der Waals surface area contributed by atoms with Crippen molar-refractivity contribution < 1.29 is 9.53 Å². The number of hydrogen-bond donors (Lipinski definition) is 1. The molecule has 4 nitrogen and oxygen atoms in total. The van der Waals surface area contributed by atoms with Crippen molar-refractivity contribution in [1.82, 2.24) is 10.3 Å². The smallest absolute Gasteiger partial charge is 0.257 e. The number of nitrogens with zero attached hydrogens (tertiary/aromatic N) is 1. The lowest BCUT2D eigenvalue weighted by molar-refractivity contribution is 0.0947. The Labute approximate surface area is 116 Å². The van der Waals surface area contributed by atoms with Crippen LogP contribution in [-0.4, -0.2) is 18.0 Å². The number of carbonyl (C=O) groups is 1. The Morgan fingerprint density at radius 1 is 1.37 bits per heavy atom. The van der Waals surface area contributed by atoms with Crippen LogP contribution < -0.4 is 10.1 Å². The van der Waals surface area contributed by atoms with Gasteiger partial charge in [-0.25, -0.2) is 4.98 Å². The zero-order valence-electron chi connectivity index (χ0n) is 11.0. The van der Waals surface area contributed by atoms with Gasteiger partial charge in [0.05, 0.1) is 13.7 Å². The number of nitrogens with one attached hydrogen (secondary N) is 1. The zero-order valence-corrected chi connectivity index (χ0v) is 11.8. The average molecular weight is 276 g/mol. The maximum absolute atomic E-state index is 12.0. The number of hydrogen-bond acceptors (Lipinski definition) is 4. The van der Waals surface area contributed by atoms with Gasteiger partial charge in [-0.05, 0) is 30.7 Å². The number of methoxy groups -OCH3 is 1. The fourth-order valence-corrected chi connectivity index (χ4v) is 2.59. The first-order valence-corrected chi connectivity index (χ1v) is 6.91. The molecule has 2 heterocycles. The summed E-state index contributed by atoms with van der Waals surface area (Å²) in [4.78, 5) is 18.5. The minimum Gasteiger partial charge on any atom is -0.480 e.